The molecular weight excluding hydrogens is 267 g/mol. The summed E-state index contributed by atoms with van der Waals surface area (Å²) >= 11 is 5.70. The second-order valence-electron chi connectivity index (χ2n) is 5.76. The third-order valence-electron chi connectivity index (χ3n) is 4.23. The SMILES string of the molecule is C[C@]12CC1N[C@H](C(=O)NCc1cccc(Cl)c1F)C2. The van der Waals surface area contributed by atoms with Gasteiger partial charge in [0.1, 0.15) is 5.82 Å². The number of nitrogens with one attached hydrogen (secondary N) is 2. The quantitative estimate of drug-likeness (QED) is 0.893. The predicted molar refractivity (Wildman–Crippen MR) is 71.3 cm³/mol. The molecule has 3 atom stereocenters. The molecule has 3 rings (SSSR count). The number of hydrogen-bond acceptors (Lipinski definition) is 2. The van der Waals surface area contributed by atoms with Crippen LogP contribution in [0.2, 0.25) is 5.02 Å². The predicted octanol–water partition coefficient (Wildman–Crippen LogP) is 2.24. The third-order valence-corrected chi connectivity index (χ3v) is 4.52. The molecule has 0 aromatic heterocycles. The van der Waals surface area contributed by atoms with E-state index in [2.05, 4.69) is 17.6 Å². The number of benzene rings is 1. The van der Waals surface area contributed by atoms with Gasteiger partial charge >= 0.3 is 0 Å². The summed E-state index contributed by atoms with van der Waals surface area (Å²) < 4.78 is 13.7. The molecule has 1 saturated heterocycles. The number of fused-ring (bicyclic) bond motifs is 1. The van der Waals surface area contributed by atoms with Crippen LogP contribution in [0.4, 0.5) is 4.39 Å². The summed E-state index contributed by atoms with van der Waals surface area (Å²) in [4.78, 5) is 12.0. The second-order valence-corrected chi connectivity index (χ2v) is 6.17. The lowest BCUT2D eigenvalue weighted by atomic mass is 10.0. The van der Waals surface area contributed by atoms with E-state index in [9.17, 15) is 9.18 Å². The summed E-state index contributed by atoms with van der Waals surface area (Å²) in [5, 5.41) is 6.15. The van der Waals surface area contributed by atoms with Gasteiger partial charge < -0.3 is 10.6 Å². The molecule has 1 amide bonds. The van der Waals surface area contributed by atoms with Crippen molar-refractivity contribution < 1.29 is 9.18 Å². The fourth-order valence-corrected chi connectivity index (χ4v) is 3.01. The monoisotopic (exact) mass is 282 g/mol. The number of piperidine rings is 1. The van der Waals surface area contributed by atoms with E-state index in [0.29, 0.717) is 17.0 Å². The Kier molecular flexibility index (Phi) is 3.02. The first-order chi connectivity index (χ1) is 8.99. The summed E-state index contributed by atoms with van der Waals surface area (Å²) in [6.45, 7) is 2.36. The number of carbonyl (C=O) groups is 1. The van der Waals surface area contributed by atoms with Crippen LogP contribution in [0, 0.1) is 11.2 Å². The maximum atomic E-state index is 13.7. The Bertz CT molecular complexity index is 536. The zero-order chi connectivity index (χ0) is 13.6. The van der Waals surface area contributed by atoms with Gasteiger partial charge in [0.05, 0.1) is 11.1 Å². The van der Waals surface area contributed by atoms with E-state index in [4.69, 9.17) is 11.6 Å². The molecule has 102 valence electrons. The van der Waals surface area contributed by atoms with Crippen molar-refractivity contribution in [1.29, 1.82) is 0 Å². The molecule has 0 spiro atoms. The summed E-state index contributed by atoms with van der Waals surface area (Å²) in [5.41, 5.74) is 0.707. The standard InChI is InChI=1S/C14H16ClFN2O/c1-14-5-10(18-11(14)6-14)13(19)17-7-8-3-2-4-9(15)12(8)16/h2-4,10-11,18H,5-7H2,1H3,(H,17,19)/t10-,11?,14-/m0/s1. The molecule has 1 unspecified atom stereocenters. The number of amides is 1. The number of rotatable bonds is 3. The van der Waals surface area contributed by atoms with Crippen LogP contribution < -0.4 is 10.6 Å². The average Bonchev–Trinajstić information content (AvgIpc) is 2.89. The fraction of sp³-hybridized carbons (Fsp3) is 0.500. The van der Waals surface area contributed by atoms with Crippen LogP contribution in [-0.2, 0) is 11.3 Å². The van der Waals surface area contributed by atoms with E-state index in [0.717, 1.165) is 12.8 Å². The summed E-state index contributed by atoms with van der Waals surface area (Å²) in [7, 11) is 0. The topological polar surface area (TPSA) is 41.1 Å². The summed E-state index contributed by atoms with van der Waals surface area (Å²) in [6.07, 6.45) is 2.02. The summed E-state index contributed by atoms with van der Waals surface area (Å²) in [5.74, 6) is -0.522. The van der Waals surface area contributed by atoms with Crippen molar-refractivity contribution in [2.45, 2.75) is 38.4 Å². The maximum Gasteiger partial charge on any atom is 0.237 e. The first-order valence-electron chi connectivity index (χ1n) is 6.46. The highest BCUT2D eigenvalue weighted by Gasteiger charge is 2.57. The highest BCUT2D eigenvalue weighted by Crippen LogP contribution is 2.53. The number of carbonyl (C=O) groups excluding carboxylic acids is 1. The van der Waals surface area contributed by atoms with Gasteiger partial charge in [-0.05, 0) is 24.3 Å². The molecule has 19 heavy (non-hydrogen) atoms. The van der Waals surface area contributed by atoms with Gasteiger partial charge in [-0.1, -0.05) is 30.7 Å². The zero-order valence-corrected chi connectivity index (χ0v) is 11.4. The van der Waals surface area contributed by atoms with Crippen molar-refractivity contribution in [1.82, 2.24) is 10.6 Å². The Morgan fingerprint density at radius 2 is 2.37 bits per heavy atom. The highest BCUT2D eigenvalue weighted by atomic mass is 35.5. The van der Waals surface area contributed by atoms with Gasteiger partial charge in [-0.15, -0.1) is 0 Å². The Labute approximate surface area is 116 Å². The molecule has 1 aliphatic carbocycles. The summed E-state index contributed by atoms with van der Waals surface area (Å²) in [6, 6.07) is 5.13. The average molecular weight is 283 g/mol. The molecule has 1 aliphatic heterocycles. The maximum absolute atomic E-state index is 13.7. The molecule has 5 heteroatoms. The Morgan fingerprint density at radius 3 is 3.05 bits per heavy atom. The van der Waals surface area contributed by atoms with Crippen LogP contribution in [-0.4, -0.2) is 18.0 Å². The van der Waals surface area contributed by atoms with Crippen molar-refractivity contribution in [3.8, 4) is 0 Å². The van der Waals surface area contributed by atoms with Gasteiger partial charge in [0.15, 0.2) is 0 Å². The molecular formula is C14H16ClFN2O. The number of halogens is 2. The molecule has 1 aromatic carbocycles. The Balaban J connectivity index is 1.58. The lowest BCUT2D eigenvalue weighted by Crippen LogP contribution is -2.42. The van der Waals surface area contributed by atoms with Crippen molar-refractivity contribution in [2.75, 3.05) is 0 Å². The van der Waals surface area contributed by atoms with Crippen LogP contribution in [0.1, 0.15) is 25.3 Å². The first kappa shape index (κ1) is 12.9. The zero-order valence-electron chi connectivity index (χ0n) is 10.7. The fourth-order valence-electron chi connectivity index (χ4n) is 2.82. The molecule has 1 heterocycles. The van der Waals surface area contributed by atoms with Crippen LogP contribution in [0.3, 0.4) is 0 Å². The molecule has 0 bridgehead atoms. The van der Waals surface area contributed by atoms with Gasteiger partial charge in [0, 0.05) is 18.2 Å². The van der Waals surface area contributed by atoms with Crippen LogP contribution >= 0.6 is 11.6 Å². The van der Waals surface area contributed by atoms with Crippen LogP contribution in [0.25, 0.3) is 0 Å². The van der Waals surface area contributed by atoms with Gasteiger partial charge in [-0.25, -0.2) is 4.39 Å². The van der Waals surface area contributed by atoms with Gasteiger partial charge in [-0.2, -0.15) is 0 Å². The third kappa shape index (κ3) is 2.35. The van der Waals surface area contributed by atoms with E-state index < -0.39 is 5.82 Å². The van der Waals surface area contributed by atoms with E-state index >= 15 is 0 Å². The van der Waals surface area contributed by atoms with E-state index in [1.807, 2.05) is 0 Å². The first-order valence-corrected chi connectivity index (χ1v) is 6.84. The van der Waals surface area contributed by atoms with Crippen LogP contribution in [0.5, 0.6) is 0 Å². The number of hydrogen-bond donors (Lipinski definition) is 2. The van der Waals surface area contributed by atoms with E-state index in [1.165, 1.54) is 6.07 Å². The van der Waals surface area contributed by atoms with E-state index in [1.54, 1.807) is 12.1 Å². The largest absolute Gasteiger partial charge is 0.351 e. The molecule has 2 aliphatic rings. The minimum absolute atomic E-state index is 0.0622. The van der Waals surface area contributed by atoms with Gasteiger partial charge in [0.2, 0.25) is 5.91 Å². The Hall–Kier alpha value is -1.13. The van der Waals surface area contributed by atoms with Crippen molar-refractivity contribution in [3.63, 3.8) is 0 Å². The van der Waals surface area contributed by atoms with Crippen molar-refractivity contribution in [3.05, 3.63) is 34.6 Å². The Morgan fingerprint density at radius 1 is 1.58 bits per heavy atom. The highest BCUT2D eigenvalue weighted by molar-refractivity contribution is 6.30. The van der Waals surface area contributed by atoms with Crippen molar-refractivity contribution in [2.24, 2.45) is 5.41 Å². The van der Waals surface area contributed by atoms with Crippen molar-refractivity contribution >= 4 is 17.5 Å². The normalized spacial score (nSPS) is 31.9. The molecule has 1 aromatic rings. The molecule has 2 fully saturated rings. The van der Waals surface area contributed by atoms with Gasteiger partial charge in [-0.3, -0.25) is 4.79 Å². The lowest BCUT2D eigenvalue weighted by Gasteiger charge is -2.14. The second kappa shape index (κ2) is 4.46. The lowest BCUT2D eigenvalue weighted by molar-refractivity contribution is -0.123. The minimum Gasteiger partial charge on any atom is -0.351 e. The molecule has 0 radical (unpaired) electrons. The molecule has 1 saturated carbocycles. The van der Waals surface area contributed by atoms with Gasteiger partial charge in [0.25, 0.3) is 0 Å². The van der Waals surface area contributed by atoms with E-state index in [-0.39, 0.29) is 23.5 Å². The van der Waals surface area contributed by atoms with Crippen LogP contribution in [0.15, 0.2) is 18.2 Å². The minimum atomic E-state index is -0.460. The molecule has 2 N–H and O–H groups in total. The molecule has 3 nitrogen and oxygen atoms in total. The smallest absolute Gasteiger partial charge is 0.237 e.